The van der Waals surface area contributed by atoms with Crippen molar-refractivity contribution < 1.29 is 38.7 Å². The average Bonchev–Trinajstić information content (AvgIpc) is 3.49. The highest BCUT2D eigenvalue weighted by Crippen LogP contribution is 2.35. The zero-order valence-electron chi connectivity index (χ0n) is 35.8. The van der Waals surface area contributed by atoms with E-state index < -0.39 is 54.7 Å². The van der Waals surface area contributed by atoms with Gasteiger partial charge in [-0.2, -0.15) is 0 Å². The van der Waals surface area contributed by atoms with Crippen LogP contribution in [0, 0.1) is 0 Å². The lowest BCUT2D eigenvalue weighted by Crippen LogP contribution is -2.53. The molecule has 63 heavy (non-hydrogen) atoms. The van der Waals surface area contributed by atoms with Crippen molar-refractivity contribution >= 4 is 11.9 Å². The number of aliphatic hydroxyl groups is 2. The molecule has 6 unspecified atom stereocenters. The number of benzene rings is 6. The number of amides is 3. The molecule has 2 N–H and O–H groups in total. The van der Waals surface area contributed by atoms with Crippen LogP contribution in [0.5, 0.6) is 0 Å². The Morgan fingerprint density at radius 2 is 0.778 bits per heavy atom. The fraction of sp³-hybridized carbons (Fsp3) is 0.283. The summed E-state index contributed by atoms with van der Waals surface area (Å²) in [6, 6.07) is 56.5. The summed E-state index contributed by atoms with van der Waals surface area (Å²) in [6.45, 7) is 3.27. The molecule has 10 heteroatoms. The van der Waals surface area contributed by atoms with Crippen LogP contribution in [0.1, 0.15) is 59.4 Å². The average molecular weight is 849 g/mol. The third kappa shape index (κ3) is 12.1. The summed E-state index contributed by atoms with van der Waals surface area (Å²) < 4.78 is 26.5. The Morgan fingerprint density at radius 3 is 1.16 bits per heavy atom. The van der Waals surface area contributed by atoms with Crippen LogP contribution in [0.2, 0.25) is 0 Å². The molecular weight excluding hydrogens is 793 g/mol. The second-order valence-corrected chi connectivity index (χ2v) is 16.2. The highest BCUT2D eigenvalue weighted by Gasteiger charge is 2.57. The molecule has 0 radical (unpaired) electrons. The van der Waals surface area contributed by atoms with E-state index in [1.165, 1.54) is 9.80 Å². The van der Waals surface area contributed by atoms with Crippen molar-refractivity contribution in [1.82, 2.24) is 9.80 Å². The maximum absolute atomic E-state index is 15.3. The highest BCUT2D eigenvalue weighted by molar-refractivity contribution is 6.06. The number of aliphatic hydroxyl groups excluding tert-OH is 2. The van der Waals surface area contributed by atoms with Crippen LogP contribution in [-0.4, -0.2) is 75.7 Å². The Morgan fingerprint density at radius 1 is 0.460 bits per heavy atom. The van der Waals surface area contributed by atoms with E-state index in [0.717, 1.165) is 22.3 Å². The van der Waals surface area contributed by atoms with E-state index in [1.807, 2.05) is 182 Å². The van der Waals surface area contributed by atoms with Gasteiger partial charge in [-0.15, -0.1) is 0 Å². The van der Waals surface area contributed by atoms with Gasteiger partial charge in [0, 0.05) is 25.7 Å². The molecule has 7 rings (SSSR count). The number of hydrogen-bond acceptors (Lipinski definition) is 8. The second kappa shape index (κ2) is 21.9. The summed E-state index contributed by atoms with van der Waals surface area (Å²) in [4.78, 5) is 32.9. The SMILES string of the molecule is CC1(C)C(=O)N(C(Cc2ccccc2)OC(Cc2ccccc2)OCC(O)c2ccccc2)C(=O)N1C(Cc1ccccc1)OC(Cc1ccccc1)OCC(O)c1ccccc1. The van der Waals surface area contributed by atoms with E-state index in [0.29, 0.717) is 17.5 Å². The molecule has 1 aliphatic rings. The van der Waals surface area contributed by atoms with Gasteiger partial charge in [0.1, 0.15) is 30.2 Å². The molecule has 0 aromatic heterocycles. The lowest BCUT2D eigenvalue weighted by molar-refractivity contribution is -0.213. The van der Waals surface area contributed by atoms with Gasteiger partial charge in [-0.05, 0) is 47.2 Å². The fourth-order valence-corrected chi connectivity index (χ4v) is 7.80. The van der Waals surface area contributed by atoms with E-state index in [4.69, 9.17) is 18.9 Å². The first-order valence-corrected chi connectivity index (χ1v) is 21.5. The molecule has 326 valence electrons. The van der Waals surface area contributed by atoms with Gasteiger partial charge in [0.2, 0.25) is 0 Å². The molecular formula is C53H56N2O8. The molecule has 10 nitrogen and oxygen atoms in total. The van der Waals surface area contributed by atoms with E-state index >= 15 is 4.79 Å². The first-order valence-electron chi connectivity index (χ1n) is 21.5. The van der Waals surface area contributed by atoms with Crippen LogP contribution >= 0.6 is 0 Å². The molecule has 1 heterocycles. The maximum atomic E-state index is 15.3. The molecule has 1 aliphatic heterocycles. The number of rotatable bonds is 22. The predicted molar refractivity (Wildman–Crippen MR) is 241 cm³/mol. The standard InChI is InChI=1S/C53H56N2O8/c1-53(2)51(58)54(47(33-39-21-9-3-10-22-39)62-49(35-41-25-13-5-14-26-41)60-37-45(56)43-29-17-7-18-30-43)52(59)55(53)48(34-40-23-11-4-12-24-40)63-50(36-42-27-15-6-16-28-42)61-38-46(57)44-31-19-8-20-32-44/h3-32,45-50,56-57H,33-38H2,1-2H3. The topological polar surface area (TPSA) is 118 Å². The molecule has 1 fully saturated rings. The largest absolute Gasteiger partial charge is 0.386 e. The first kappa shape index (κ1) is 45.1. The van der Waals surface area contributed by atoms with Crippen LogP contribution in [0.4, 0.5) is 4.79 Å². The molecule has 6 aromatic carbocycles. The summed E-state index contributed by atoms with van der Waals surface area (Å²) in [6.07, 6.45) is -4.90. The third-order valence-corrected chi connectivity index (χ3v) is 11.2. The lowest BCUT2D eigenvalue weighted by Gasteiger charge is -2.37. The molecule has 1 saturated heterocycles. The van der Waals surface area contributed by atoms with E-state index in [-0.39, 0.29) is 32.5 Å². The van der Waals surface area contributed by atoms with Crippen molar-refractivity contribution in [1.29, 1.82) is 0 Å². The molecule has 3 amide bonds. The number of nitrogens with zero attached hydrogens (tertiary/aromatic N) is 2. The number of imide groups is 1. The van der Waals surface area contributed by atoms with E-state index in [2.05, 4.69) is 0 Å². The minimum Gasteiger partial charge on any atom is -0.386 e. The smallest absolute Gasteiger partial charge is 0.331 e. The summed E-state index contributed by atoms with van der Waals surface area (Å²) in [5.41, 5.74) is 3.54. The molecule has 0 spiro atoms. The molecule has 0 bridgehead atoms. The minimum atomic E-state index is -1.41. The van der Waals surface area contributed by atoms with Gasteiger partial charge in [-0.1, -0.05) is 182 Å². The van der Waals surface area contributed by atoms with Crippen molar-refractivity contribution in [3.63, 3.8) is 0 Å². The number of hydrogen-bond donors (Lipinski definition) is 2. The zero-order chi connectivity index (χ0) is 44.0. The minimum absolute atomic E-state index is 0.0727. The van der Waals surface area contributed by atoms with Gasteiger partial charge < -0.3 is 29.2 Å². The van der Waals surface area contributed by atoms with Crippen LogP contribution in [0.25, 0.3) is 0 Å². The summed E-state index contributed by atoms with van der Waals surface area (Å²) in [7, 11) is 0. The van der Waals surface area contributed by atoms with E-state index in [1.54, 1.807) is 13.8 Å². The number of carbonyl (C=O) groups is 2. The van der Waals surface area contributed by atoms with Gasteiger partial charge in [0.25, 0.3) is 5.91 Å². The normalized spacial score (nSPS) is 16.6. The van der Waals surface area contributed by atoms with Crippen molar-refractivity contribution in [3.05, 3.63) is 215 Å². The number of ether oxygens (including phenoxy) is 4. The monoisotopic (exact) mass is 848 g/mol. The first-order chi connectivity index (χ1) is 30.7. The van der Waals surface area contributed by atoms with Gasteiger partial charge in [0.15, 0.2) is 12.6 Å². The summed E-state index contributed by atoms with van der Waals surface area (Å²) in [5.74, 6) is -0.474. The maximum Gasteiger partial charge on any atom is 0.331 e. The molecule has 0 saturated carbocycles. The Bertz CT molecular complexity index is 2290. The molecule has 6 aromatic rings. The van der Waals surface area contributed by atoms with Gasteiger partial charge in [-0.3, -0.25) is 9.69 Å². The third-order valence-electron chi connectivity index (χ3n) is 11.2. The van der Waals surface area contributed by atoms with Crippen LogP contribution in [0.3, 0.4) is 0 Å². The highest BCUT2D eigenvalue weighted by atomic mass is 16.7. The second-order valence-electron chi connectivity index (χ2n) is 16.2. The van der Waals surface area contributed by atoms with Crippen molar-refractivity contribution in [2.75, 3.05) is 13.2 Å². The Kier molecular flexibility index (Phi) is 15.7. The van der Waals surface area contributed by atoms with Crippen molar-refractivity contribution in [2.24, 2.45) is 0 Å². The summed E-state index contributed by atoms with van der Waals surface area (Å²) >= 11 is 0. The van der Waals surface area contributed by atoms with Crippen LogP contribution in [0.15, 0.2) is 182 Å². The van der Waals surface area contributed by atoms with Gasteiger partial charge in [0.05, 0.1) is 13.2 Å². The zero-order valence-corrected chi connectivity index (χ0v) is 35.8. The Labute approximate surface area is 370 Å². The Balaban J connectivity index is 1.21. The van der Waals surface area contributed by atoms with Gasteiger partial charge in [-0.25, -0.2) is 9.69 Å². The van der Waals surface area contributed by atoms with E-state index in [9.17, 15) is 15.0 Å². The molecule has 6 atom stereocenters. The van der Waals surface area contributed by atoms with Crippen molar-refractivity contribution in [3.8, 4) is 0 Å². The number of carbonyl (C=O) groups excluding carboxylic acids is 2. The number of urea groups is 1. The Hall–Kier alpha value is -5.98. The van der Waals surface area contributed by atoms with Crippen molar-refractivity contribution in [2.45, 2.75) is 82.3 Å². The van der Waals surface area contributed by atoms with Gasteiger partial charge >= 0.3 is 6.03 Å². The summed E-state index contributed by atoms with van der Waals surface area (Å²) in [5, 5.41) is 22.3. The van der Waals surface area contributed by atoms with Crippen LogP contribution in [-0.2, 0) is 49.4 Å². The predicted octanol–water partition coefficient (Wildman–Crippen LogP) is 8.84. The fourth-order valence-electron chi connectivity index (χ4n) is 7.80. The quantitative estimate of drug-likeness (QED) is 0.0515. The lowest BCUT2D eigenvalue weighted by atomic mass is 10.0. The van der Waals surface area contributed by atoms with Crippen LogP contribution < -0.4 is 0 Å². The molecule has 0 aliphatic carbocycles.